The number of rotatable bonds is 4. The van der Waals surface area contributed by atoms with E-state index in [0.29, 0.717) is 13.0 Å². The summed E-state index contributed by atoms with van der Waals surface area (Å²) in [4.78, 5) is 0. The van der Waals surface area contributed by atoms with Gasteiger partial charge in [-0.3, -0.25) is 0 Å². The lowest BCUT2D eigenvalue weighted by Gasteiger charge is -1.89. The number of unbranched alkanes of at least 4 members (excludes halogenated alkanes) is 2. The van der Waals surface area contributed by atoms with Crippen molar-refractivity contribution in [1.29, 1.82) is 0 Å². The van der Waals surface area contributed by atoms with E-state index >= 15 is 0 Å². The van der Waals surface area contributed by atoms with E-state index in [1.165, 1.54) is 0 Å². The molecule has 0 unspecified atom stereocenters. The lowest BCUT2D eigenvalue weighted by Crippen LogP contribution is -1.97. The molecule has 0 rings (SSSR count). The molecule has 0 aromatic rings. The van der Waals surface area contributed by atoms with Gasteiger partial charge in [-0.2, -0.15) is 0 Å². The van der Waals surface area contributed by atoms with Crippen molar-refractivity contribution in [1.82, 2.24) is 0 Å². The van der Waals surface area contributed by atoms with Crippen LogP contribution in [0, 0.1) is 6.61 Å². The zero-order valence-corrected chi connectivity index (χ0v) is 4.35. The van der Waals surface area contributed by atoms with Crippen LogP contribution in [0.4, 0.5) is 0 Å². The Bertz CT molecular complexity index is 27.3. The second-order valence-electron chi connectivity index (χ2n) is 1.40. The van der Waals surface area contributed by atoms with E-state index in [1.807, 2.05) is 6.61 Å². The van der Waals surface area contributed by atoms with Gasteiger partial charge in [-0.1, -0.05) is 0 Å². The lowest BCUT2D eigenvalue weighted by molar-refractivity contribution is 0.369. The summed E-state index contributed by atoms with van der Waals surface area (Å²) in [5, 5.41) is 8.00. The molecule has 0 atom stereocenters. The van der Waals surface area contributed by atoms with E-state index in [2.05, 4.69) is 0 Å². The topological polar surface area (TPSA) is 46.2 Å². The van der Waals surface area contributed by atoms with Crippen LogP contribution in [0.5, 0.6) is 0 Å². The van der Waals surface area contributed by atoms with Crippen molar-refractivity contribution in [3.63, 3.8) is 0 Å². The molecule has 7 heavy (non-hydrogen) atoms. The summed E-state index contributed by atoms with van der Waals surface area (Å²) in [6.07, 6.45) is 2.58. The van der Waals surface area contributed by atoms with Crippen LogP contribution in [0.3, 0.4) is 0 Å². The highest BCUT2D eigenvalue weighted by atomic mass is 16.2. The standard InChI is InChI=1S/C5H11NO/c6-4-2-1-3-5-7/h7H,1-4,6H2. The Kier molecular flexibility index (Phi) is 5.85. The summed E-state index contributed by atoms with van der Waals surface area (Å²) >= 11 is 0. The Morgan fingerprint density at radius 1 is 1.43 bits per heavy atom. The second-order valence-corrected chi connectivity index (χ2v) is 1.40. The minimum absolute atomic E-state index is 0.650. The predicted molar refractivity (Wildman–Crippen MR) is 28.1 cm³/mol. The van der Waals surface area contributed by atoms with Gasteiger partial charge in [-0.05, 0) is 25.8 Å². The fraction of sp³-hybridized carbons (Fsp3) is 0.800. The van der Waals surface area contributed by atoms with Crippen LogP contribution in [-0.2, 0) is 0 Å². The van der Waals surface area contributed by atoms with Crippen molar-refractivity contribution in [3.05, 3.63) is 6.61 Å². The summed E-state index contributed by atoms with van der Waals surface area (Å²) in [5.74, 6) is 0. The molecule has 0 amide bonds. The minimum Gasteiger partial charge on any atom is -0.384 e. The summed E-state index contributed by atoms with van der Waals surface area (Å²) < 4.78 is 0. The third-order valence-electron chi connectivity index (χ3n) is 0.743. The number of aliphatic hydroxyl groups excluding tert-OH is 1. The molecule has 0 aliphatic carbocycles. The first-order valence-electron chi connectivity index (χ1n) is 2.49. The highest BCUT2D eigenvalue weighted by Crippen LogP contribution is 1.92. The van der Waals surface area contributed by atoms with E-state index in [-0.39, 0.29) is 0 Å². The molecule has 0 fully saturated rings. The van der Waals surface area contributed by atoms with Crippen LogP contribution in [0.25, 0.3) is 0 Å². The highest BCUT2D eigenvalue weighted by Gasteiger charge is 1.82. The Morgan fingerprint density at radius 2 is 2.14 bits per heavy atom. The molecule has 0 saturated heterocycles. The molecule has 0 bridgehead atoms. The summed E-state index contributed by atoms with van der Waals surface area (Å²) in [7, 11) is 0. The minimum atomic E-state index is 0.650. The van der Waals surface area contributed by atoms with Crippen molar-refractivity contribution in [2.75, 3.05) is 6.54 Å². The zero-order valence-electron chi connectivity index (χ0n) is 4.35. The van der Waals surface area contributed by atoms with Crippen LogP contribution in [0.15, 0.2) is 0 Å². The van der Waals surface area contributed by atoms with Crippen LogP contribution >= 0.6 is 0 Å². The maximum Gasteiger partial charge on any atom is 0.128 e. The smallest absolute Gasteiger partial charge is 0.128 e. The fourth-order valence-corrected chi connectivity index (χ4v) is 0.348. The Hall–Kier alpha value is -0.0800. The summed E-state index contributed by atoms with van der Waals surface area (Å²) in [6.45, 7) is 2.76. The molecule has 2 radical (unpaired) electrons. The van der Waals surface area contributed by atoms with Crippen molar-refractivity contribution in [2.45, 2.75) is 19.3 Å². The van der Waals surface area contributed by atoms with Crippen LogP contribution in [0.2, 0.25) is 0 Å². The van der Waals surface area contributed by atoms with Crippen LogP contribution < -0.4 is 5.73 Å². The lowest BCUT2D eigenvalue weighted by atomic mass is 10.2. The third-order valence-corrected chi connectivity index (χ3v) is 0.743. The summed E-state index contributed by atoms with van der Waals surface area (Å²) in [6, 6.07) is 0. The molecule has 0 heterocycles. The monoisotopic (exact) mass is 101 g/mol. The molecule has 0 aliphatic heterocycles. The number of hydrogen-bond acceptors (Lipinski definition) is 2. The molecular weight excluding hydrogens is 90.1 g/mol. The predicted octanol–water partition coefficient (Wildman–Crippen LogP) is 0.527. The van der Waals surface area contributed by atoms with E-state index in [1.54, 1.807) is 0 Å². The molecule has 0 aromatic carbocycles. The Balaban J connectivity index is 2.45. The van der Waals surface area contributed by atoms with Crippen LogP contribution in [-0.4, -0.2) is 11.7 Å². The molecule has 0 spiro atoms. The molecule has 0 saturated carbocycles. The highest BCUT2D eigenvalue weighted by molar-refractivity contribution is 4.47. The van der Waals surface area contributed by atoms with Gasteiger partial charge < -0.3 is 10.8 Å². The molecule has 2 heteroatoms. The van der Waals surface area contributed by atoms with Gasteiger partial charge in [-0.15, -0.1) is 0 Å². The average Bonchev–Trinajstić information content (AvgIpc) is 1.69. The molecule has 2 nitrogen and oxygen atoms in total. The zero-order chi connectivity index (χ0) is 5.54. The first-order chi connectivity index (χ1) is 3.41. The van der Waals surface area contributed by atoms with Crippen molar-refractivity contribution < 1.29 is 5.11 Å². The molecule has 0 aliphatic rings. The van der Waals surface area contributed by atoms with Gasteiger partial charge in [0.25, 0.3) is 0 Å². The molecule has 42 valence electrons. The largest absolute Gasteiger partial charge is 0.384 e. The quantitative estimate of drug-likeness (QED) is 0.507. The van der Waals surface area contributed by atoms with E-state index in [4.69, 9.17) is 10.8 Å². The van der Waals surface area contributed by atoms with Gasteiger partial charge in [0.2, 0.25) is 0 Å². The molecular formula is C5H11NO. The maximum absolute atomic E-state index is 8.00. The molecule has 3 N–H and O–H groups in total. The summed E-state index contributed by atoms with van der Waals surface area (Å²) in [5.41, 5.74) is 5.16. The fourth-order valence-electron chi connectivity index (χ4n) is 0.348. The normalized spacial score (nSPS) is 9.43. The van der Waals surface area contributed by atoms with Gasteiger partial charge in [0.15, 0.2) is 0 Å². The Morgan fingerprint density at radius 3 is 2.57 bits per heavy atom. The number of aliphatic hydroxyl groups is 1. The van der Waals surface area contributed by atoms with Gasteiger partial charge >= 0.3 is 0 Å². The third kappa shape index (κ3) is 5.92. The van der Waals surface area contributed by atoms with E-state index < -0.39 is 0 Å². The molecule has 0 aromatic heterocycles. The first kappa shape index (κ1) is 6.92. The average molecular weight is 101 g/mol. The number of hydrogen-bond donors (Lipinski definition) is 2. The van der Waals surface area contributed by atoms with Gasteiger partial charge in [0, 0.05) is 0 Å². The van der Waals surface area contributed by atoms with Crippen molar-refractivity contribution >= 4 is 0 Å². The maximum atomic E-state index is 8.00. The van der Waals surface area contributed by atoms with Crippen molar-refractivity contribution in [2.24, 2.45) is 5.73 Å². The second kappa shape index (κ2) is 5.92. The van der Waals surface area contributed by atoms with E-state index in [0.717, 1.165) is 12.8 Å². The number of nitrogens with two attached hydrogens (primary N) is 1. The SMILES string of the molecule is NCCCC[C]O. The van der Waals surface area contributed by atoms with Crippen molar-refractivity contribution in [3.8, 4) is 0 Å². The van der Waals surface area contributed by atoms with Crippen LogP contribution in [0.1, 0.15) is 19.3 Å². The first-order valence-corrected chi connectivity index (χ1v) is 2.49. The Labute approximate surface area is 44.3 Å². The van der Waals surface area contributed by atoms with E-state index in [9.17, 15) is 0 Å². The van der Waals surface area contributed by atoms with Gasteiger partial charge in [0.05, 0.1) is 0 Å². The van der Waals surface area contributed by atoms with Gasteiger partial charge in [0.1, 0.15) is 6.61 Å². The van der Waals surface area contributed by atoms with Gasteiger partial charge in [-0.25, -0.2) is 0 Å².